The summed E-state index contributed by atoms with van der Waals surface area (Å²) in [6, 6.07) is 7.95. The van der Waals surface area contributed by atoms with E-state index in [0.717, 1.165) is 12.0 Å². The summed E-state index contributed by atoms with van der Waals surface area (Å²) >= 11 is 5.36. The van der Waals surface area contributed by atoms with E-state index in [2.05, 4.69) is 0 Å². The summed E-state index contributed by atoms with van der Waals surface area (Å²) in [6.45, 7) is 0.925. The molecule has 1 amide bonds. The summed E-state index contributed by atoms with van der Waals surface area (Å²) in [7, 11) is 0. The molecule has 0 fully saturated rings. The summed E-state index contributed by atoms with van der Waals surface area (Å²) in [4.78, 5) is 16.1. The number of hydrogen-bond acceptors (Lipinski definition) is 2. The van der Waals surface area contributed by atoms with Crippen molar-refractivity contribution in [2.45, 2.75) is 13.0 Å². The molecule has 1 aromatic rings. The molecule has 3 nitrogen and oxygen atoms in total. The van der Waals surface area contributed by atoms with Crippen LogP contribution in [-0.4, -0.2) is 17.0 Å². The van der Waals surface area contributed by atoms with Gasteiger partial charge in [-0.05, 0) is 29.1 Å². The second-order valence-corrected chi connectivity index (χ2v) is 3.46. The molecule has 0 spiro atoms. The average Bonchev–Trinajstić information content (AvgIpc) is 2.39. The third kappa shape index (κ3) is 1.89. The van der Waals surface area contributed by atoms with Crippen LogP contribution in [0.25, 0.3) is 0 Å². The first kappa shape index (κ1) is 9.49. The van der Waals surface area contributed by atoms with Gasteiger partial charge >= 0.3 is 5.37 Å². The Kier molecular flexibility index (Phi) is 2.70. The van der Waals surface area contributed by atoms with Gasteiger partial charge in [0.2, 0.25) is 0 Å². The number of carbonyl (C=O) groups excluding carboxylic acids is 1. The fourth-order valence-electron chi connectivity index (χ4n) is 1.53. The highest BCUT2D eigenvalue weighted by Gasteiger charge is 2.17. The Bertz CT molecular complexity index is 354. The van der Waals surface area contributed by atoms with Gasteiger partial charge in [-0.1, -0.05) is 24.3 Å². The molecule has 0 saturated heterocycles. The molecule has 0 bridgehead atoms. The van der Waals surface area contributed by atoms with E-state index in [-0.39, 0.29) is 0 Å². The zero-order chi connectivity index (χ0) is 9.97. The number of benzene rings is 1. The molecule has 0 atom stereocenters. The Labute approximate surface area is 87.2 Å². The molecule has 0 N–H and O–H groups in total. The smallest absolute Gasteiger partial charge is 0.269 e. The standard InChI is InChI=1S/C10H10ClNO2/c11-10(13)12-7-9-4-2-1-3-8(9)5-6-14-12/h1-4H,5-7H2. The van der Waals surface area contributed by atoms with Gasteiger partial charge in [0.25, 0.3) is 0 Å². The van der Waals surface area contributed by atoms with Gasteiger partial charge in [-0.15, -0.1) is 0 Å². The number of hydroxylamine groups is 2. The van der Waals surface area contributed by atoms with Crippen molar-refractivity contribution in [2.75, 3.05) is 6.61 Å². The van der Waals surface area contributed by atoms with Crippen LogP contribution in [0.5, 0.6) is 0 Å². The molecular formula is C10H10ClNO2. The number of carbonyl (C=O) groups is 1. The maximum atomic E-state index is 10.9. The van der Waals surface area contributed by atoms with Crippen molar-refractivity contribution >= 4 is 17.0 Å². The van der Waals surface area contributed by atoms with Crippen LogP contribution in [0.15, 0.2) is 24.3 Å². The molecule has 1 aromatic carbocycles. The van der Waals surface area contributed by atoms with E-state index in [4.69, 9.17) is 16.4 Å². The molecule has 2 rings (SSSR count). The van der Waals surface area contributed by atoms with Crippen LogP contribution in [0.3, 0.4) is 0 Å². The minimum Gasteiger partial charge on any atom is -0.269 e. The van der Waals surface area contributed by atoms with Gasteiger partial charge in [0, 0.05) is 0 Å². The lowest BCUT2D eigenvalue weighted by molar-refractivity contribution is -0.111. The molecule has 4 heteroatoms. The van der Waals surface area contributed by atoms with Gasteiger partial charge in [0.15, 0.2) is 0 Å². The van der Waals surface area contributed by atoms with Crippen molar-refractivity contribution in [3.05, 3.63) is 35.4 Å². The Morgan fingerprint density at radius 1 is 1.36 bits per heavy atom. The number of halogens is 1. The van der Waals surface area contributed by atoms with E-state index >= 15 is 0 Å². The summed E-state index contributed by atoms with van der Waals surface area (Å²) in [5.74, 6) is 0. The van der Waals surface area contributed by atoms with Gasteiger partial charge in [-0.3, -0.25) is 9.63 Å². The van der Waals surface area contributed by atoms with Crippen molar-refractivity contribution in [1.82, 2.24) is 5.06 Å². The molecule has 14 heavy (non-hydrogen) atoms. The average molecular weight is 212 g/mol. The van der Waals surface area contributed by atoms with Gasteiger partial charge in [0.1, 0.15) is 0 Å². The first-order valence-electron chi connectivity index (χ1n) is 4.44. The van der Waals surface area contributed by atoms with Crippen LogP contribution in [0.1, 0.15) is 11.1 Å². The fraction of sp³-hybridized carbons (Fsp3) is 0.300. The minimum atomic E-state index is -0.568. The zero-order valence-electron chi connectivity index (χ0n) is 7.57. The van der Waals surface area contributed by atoms with Gasteiger partial charge in [-0.25, -0.2) is 5.06 Å². The van der Waals surface area contributed by atoms with Gasteiger partial charge < -0.3 is 0 Å². The van der Waals surface area contributed by atoms with E-state index in [0.29, 0.717) is 13.2 Å². The highest BCUT2D eigenvalue weighted by atomic mass is 35.5. The minimum absolute atomic E-state index is 0.429. The largest absolute Gasteiger partial charge is 0.340 e. The summed E-state index contributed by atoms with van der Waals surface area (Å²) < 4.78 is 0. The van der Waals surface area contributed by atoms with E-state index in [1.54, 1.807) is 0 Å². The molecule has 1 aliphatic heterocycles. The van der Waals surface area contributed by atoms with E-state index < -0.39 is 5.37 Å². The number of amides is 1. The number of nitrogens with zero attached hydrogens (tertiary/aromatic N) is 1. The van der Waals surface area contributed by atoms with Crippen molar-refractivity contribution in [1.29, 1.82) is 0 Å². The molecule has 1 heterocycles. The number of fused-ring (bicyclic) bond motifs is 1. The summed E-state index contributed by atoms with van der Waals surface area (Å²) in [6.07, 6.45) is 0.816. The second kappa shape index (κ2) is 3.98. The van der Waals surface area contributed by atoms with Gasteiger partial charge in [0.05, 0.1) is 13.2 Å². The lowest BCUT2D eigenvalue weighted by atomic mass is 10.1. The lowest BCUT2D eigenvalue weighted by Crippen LogP contribution is -2.24. The molecular weight excluding hydrogens is 202 g/mol. The van der Waals surface area contributed by atoms with E-state index in [1.165, 1.54) is 10.6 Å². The quantitative estimate of drug-likeness (QED) is 0.487. The Hall–Kier alpha value is -1.06. The van der Waals surface area contributed by atoms with Crippen LogP contribution < -0.4 is 0 Å². The van der Waals surface area contributed by atoms with Crippen LogP contribution >= 0.6 is 11.6 Å². The third-order valence-electron chi connectivity index (χ3n) is 2.25. The maximum Gasteiger partial charge on any atom is 0.340 e. The highest BCUT2D eigenvalue weighted by molar-refractivity contribution is 6.62. The summed E-state index contributed by atoms with van der Waals surface area (Å²) in [5, 5.41) is 0.620. The monoisotopic (exact) mass is 211 g/mol. The number of hydrogen-bond donors (Lipinski definition) is 0. The Morgan fingerprint density at radius 3 is 2.79 bits per heavy atom. The highest BCUT2D eigenvalue weighted by Crippen LogP contribution is 2.17. The topological polar surface area (TPSA) is 29.5 Å². The van der Waals surface area contributed by atoms with Crippen molar-refractivity contribution in [2.24, 2.45) is 0 Å². The van der Waals surface area contributed by atoms with Crippen LogP contribution in [-0.2, 0) is 17.8 Å². The molecule has 74 valence electrons. The Morgan fingerprint density at radius 2 is 2.07 bits per heavy atom. The number of rotatable bonds is 0. The van der Waals surface area contributed by atoms with Crippen LogP contribution in [0.4, 0.5) is 4.79 Å². The van der Waals surface area contributed by atoms with Crippen molar-refractivity contribution in [3.63, 3.8) is 0 Å². The normalized spacial score (nSPS) is 15.9. The predicted molar refractivity (Wildman–Crippen MR) is 52.9 cm³/mol. The molecule has 1 aliphatic rings. The Balaban J connectivity index is 2.26. The fourth-order valence-corrected chi connectivity index (χ4v) is 1.64. The zero-order valence-corrected chi connectivity index (χ0v) is 8.33. The lowest BCUT2D eigenvalue weighted by Gasteiger charge is -2.15. The predicted octanol–water partition coefficient (Wildman–Crippen LogP) is 2.34. The van der Waals surface area contributed by atoms with Crippen LogP contribution in [0.2, 0.25) is 0 Å². The second-order valence-electron chi connectivity index (χ2n) is 3.14. The van der Waals surface area contributed by atoms with Gasteiger partial charge in [-0.2, -0.15) is 0 Å². The van der Waals surface area contributed by atoms with Crippen molar-refractivity contribution in [3.8, 4) is 0 Å². The van der Waals surface area contributed by atoms with E-state index in [9.17, 15) is 4.79 Å². The molecule has 0 aromatic heterocycles. The van der Waals surface area contributed by atoms with E-state index in [1.807, 2.05) is 24.3 Å². The maximum absolute atomic E-state index is 10.9. The molecule has 0 saturated carbocycles. The molecule has 0 aliphatic carbocycles. The molecule has 0 unspecified atom stereocenters. The third-order valence-corrected chi connectivity index (χ3v) is 2.44. The first-order chi connectivity index (χ1) is 6.77. The first-order valence-corrected chi connectivity index (χ1v) is 4.82. The van der Waals surface area contributed by atoms with Crippen LogP contribution in [0, 0.1) is 0 Å². The molecule has 0 radical (unpaired) electrons. The van der Waals surface area contributed by atoms with Crippen molar-refractivity contribution < 1.29 is 9.63 Å². The summed E-state index contributed by atoms with van der Waals surface area (Å²) in [5.41, 5.74) is 2.31. The SMILES string of the molecule is O=C(Cl)N1Cc2ccccc2CCO1.